The Morgan fingerprint density at radius 1 is 1.00 bits per heavy atom. The minimum Gasteiger partial charge on any atom is -0.308 e. The van der Waals surface area contributed by atoms with Gasteiger partial charge in [-0.3, -0.25) is 4.68 Å². The lowest BCUT2D eigenvalue weighted by molar-refractivity contribution is 0.671. The van der Waals surface area contributed by atoms with Crippen LogP contribution < -0.4 is 5.32 Å². The smallest absolute Gasteiger partial charge is 0.127 e. The first-order chi connectivity index (χ1) is 10.2. The summed E-state index contributed by atoms with van der Waals surface area (Å²) in [5.41, 5.74) is 4.97. The number of hydrogen-bond acceptors (Lipinski definition) is 4. The predicted octanol–water partition coefficient (Wildman–Crippen LogP) is 2.19. The van der Waals surface area contributed by atoms with Gasteiger partial charge in [-0.1, -0.05) is 20.8 Å². The third-order valence-electron chi connectivity index (χ3n) is 3.73. The Balaban J connectivity index is 1.99. The maximum Gasteiger partial charge on any atom is 0.127 e. The Bertz CT molecular complexity index is 571. The van der Waals surface area contributed by atoms with Gasteiger partial charge in [-0.15, -0.1) is 0 Å². The lowest BCUT2D eigenvalue weighted by atomic mass is 10.1. The molecular weight excluding hydrogens is 262 g/mol. The molecule has 0 aliphatic heterocycles. The van der Waals surface area contributed by atoms with E-state index in [-0.39, 0.29) is 0 Å². The van der Waals surface area contributed by atoms with Crippen LogP contribution in [0.1, 0.15) is 49.1 Å². The standard InChI is InChI=1S/C16H25N5/c1-5-14-13(15(6-2)21(4)20-14)11-17-8-12-9-18-16(7-3)19-10-12/h9-10,17H,5-8,11H2,1-4H3. The van der Waals surface area contributed by atoms with Crippen LogP contribution in [0.25, 0.3) is 0 Å². The molecule has 0 saturated heterocycles. The molecule has 0 fully saturated rings. The molecule has 2 heterocycles. The van der Waals surface area contributed by atoms with E-state index >= 15 is 0 Å². The van der Waals surface area contributed by atoms with Crippen LogP contribution in [0.15, 0.2) is 12.4 Å². The van der Waals surface area contributed by atoms with Crippen molar-refractivity contribution in [3.05, 3.63) is 40.7 Å². The van der Waals surface area contributed by atoms with Gasteiger partial charge in [-0.25, -0.2) is 9.97 Å². The number of aromatic nitrogens is 4. The molecule has 0 atom stereocenters. The van der Waals surface area contributed by atoms with E-state index < -0.39 is 0 Å². The van der Waals surface area contributed by atoms with Gasteiger partial charge >= 0.3 is 0 Å². The van der Waals surface area contributed by atoms with Gasteiger partial charge in [0.1, 0.15) is 5.82 Å². The molecule has 5 heteroatoms. The topological polar surface area (TPSA) is 55.6 Å². The molecule has 0 aliphatic rings. The number of aryl methyl sites for hydroxylation is 3. The second-order valence-corrected chi connectivity index (χ2v) is 5.17. The fourth-order valence-corrected chi connectivity index (χ4v) is 2.58. The molecule has 1 N–H and O–H groups in total. The van der Waals surface area contributed by atoms with Gasteiger partial charge in [-0.2, -0.15) is 5.10 Å². The van der Waals surface area contributed by atoms with Gasteiger partial charge in [0.15, 0.2) is 0 Å². The van der Waals surface area contributed by atoms with Crippen molar-refractivity contribution in [3.8, 4) is 0 Å². The summed E-state index contributed by atoms with van der Waals surface area (Å²) in [6.07, 6.45) is 6.67. The zero-order valence-corrected chi connectivity index (χ0v) is 13.5. The molecule has 114 valence electrons. The van der Waals surface area contributed by atoms with Crippen LogP contribution in [0.3, 0.4) is 0 Å². The van der Waals surface area contributed by atoms with E-state index in [1.54, 1.807) is 0 Å². The molecule has 0 aromatic carbocycles. The lowest BCUT2D eigenvalue weighted by Gasteiger charge is -2.07. The molecule has 5 nitrogen and oxygen atoms in total. The third kappa shape index (κ3) is 3.67. The van der Waals surface area contributed by atoms with Gasteiger partial charge in [-0.05, 0) is 12.8 Å². The summed E-state index contributed by atoms with van der Waals surface area (Å²) in [5, 5.41) is 8.09. The molecule has 0 saturated carbocycles. The summed E-state index contributed by atoms with van der Waals surface area (Å²) >= 11 is 0. The van der Waals surface area contributed by atoms with Crippen LogP contribution in [0, 0.1) is 0 Å². The number of nitrogens with one attached hydrogen (secondary N) is 1. The van der Waals surface area contributed by atoms with Crippen LogP contribution in [-0.2, 0) is 39.4 Å². The Hall–Kier alpha value is -1.75. The van der Waals surface area contributed by atoms with Crippen molar-refractivity contribution in [1.82, 2.24) is 25.1 Å². The van der Waals surface area contributed by atoms with Gasteiger partial charge in [0.2, 0.25) is 0 Å². The van der Waals surface area contributed by atoms with Crippen LogP contribution in [0.5, 0.6) is 0 Å². The molecule has 0 spiro atoms. The minimum atomic E-state index is 0.783. The van der Waals surface area contributed by atoms with Crippen LogP contribution in [0.2, 0.25) is 0 Å². The quantitative estimate of drug-likeness (QED) is 0.848. The normalized spacial score (nSPS) is 11.0. The lowest BCUT2D eigenvalue weighted by Crippen LogP contribution is -2.15. The second kappa shape index (κ2) is 7.31. The summed E-state index contributed by atoms with van der Waals surface area (Å²) in [7, 11) is 2.03. The molecule has 2 aromatic rings. The number of hydrogen-bond donors (Lipinski definition) is 1. The van der Waals surface area contributed by atoms with E-state index in [1.807, 2.05) is 24.1 Å². The van der Waals surface area contributed by atoms with E-state index in [2.05, 4.69) is 41.2 Å². The van der Waals surface area contributed by atoms with Crippen LogP contribution in [-0.4, -0.2) is 19.7 Å². The maximum atomic E-state index is 4.60. The first-order valence-electron chi connectivity index (χ1n) is 7.73. The molecule has 21 heavy (non-hydrogen) atoms. The van der Waals surface area contributed by atoms with Gasteiger partial charge in [0, 0.05) is 55.8 Å². The number of rotatable bonds is 7. The summed E-state index contributed by atoms with van der Waals surface area (Å²) in [4.78, 5) is 8.65. The molecule has 0 aliphatic carbocycles. The highest BCUT2D eigenvalue weighted by Gasteiger charge is 2.12. The fraction of sp³-hybridized carbons (Fsp3) is 0.562. The molecule has 0 bridgehead atoms. The van der Waals surface area contributed by atoms with Crippen molar-refractivity contribution in [3.63, 3.8) is 0 Å². The van der Waals surface area contributed by atoms with Crippen molar-refractivity contribution < 1.29 is 0 Å². The summed E-state index contributed by atoms with van der Waals surface area (Å²) < 4.78 is 2.01. The van der Waals surface area contributed by atoms with Crippen LogP contribution >= 0.6 is 0 Å². The SMILES string of the molecule is CCc1ncc(CNCc2c(CC)nn(C)c2CC)cn1. The third-order valence-corrected chi connectivity index (χ3v) is 3.73. The average molecular weight is 287 g/mol. The molecule has 2 rings (SSSR count). The highest BCUT2D eigenvalue weighted by atomic mass is 15.3. The first-order valence-corrected chi connectivity index (χ1v) is 7.73. The van der Waals surface area contributed by atoms with E-state index in [9.17, 15) is 0 Å². The van der Waals surface area contributed by atoms with Crippen molar-refractivity contribution >= 4 is 0 Å². The van der Waals surface area contributed by atoms with Crippen molar-refractivity contribution in [2.45, 2.75) is 53.1 Å². The first kappa shape index (κ1) is 15.6. The van der Waals surface area contributed by atoms with Crippen molar-refractivity contribution in [1.29, 1.82) is 0 Å². The van der Waals surface area contributed by atoms with E-state index in [0.29, 0.717) is 0 Å². The Morgan fingerprint density at radius 2 is 1.71 bits per heavy atom. The molecule has 0 unspecified atom stereocenters. The minimum absolute atomic E-state index is 0.783. The van der Waals surface area contributed by atoms with Gasteiger partial charge in [0.25, 0.3) is 0 Å². The Kier molecular flexibility index (Phi) is 5.44. The summed E-state index contributed by atoms with van der Waals surface area (Å²) in [6.45, 7) is 8.02. The molecular formula is C16H25N5. The zero-order valence-electron chi connectivity index (χ0n) is 13.5. The molecule has 0 amide bonds. The predicted molar refractivity (Wildman–Crippen MR) is 83.9 cm³/mol. The fourth-order valence-electron chi connectivity index (χ4n) is 2.58. The largest absolute Gasteiger partial charge is 0.308 e. The highest BCUT2D eigenvalue weighted by molar-refractivity contribution is 5.26. The highest BCUT2D eigenvalue weighted by Crippen LogP contribution is 2.15. The van der Waals surface area contributed by atoms with E-state index in [0.717, 1.165) is 43.7 Å². The summed E-state index contributed by atoms with van der Waals surface area (Å²) in [5.74, 6) is 0.896. The Labute approximate surface area is 126 Å². The van der Waals surface area contributed by atoms with Crippen molar-refractivity contribution in [2.24, 2.45) is 7.05 Å². The molecule has 0 radical (unpaired) electrons. The maximum absolute atomic E-state index is 4.60. The van der Waals surface area contributed by atoms with Gasteiger partial charge < -0.3 is 5.32 Å². The number of nitrogens with zero attached hydrogens (tertiary/aromatic N) is 4. The Morgan fingerprint density at radius 3 is 2.29 bits per heavy atom. The van der Waals surface area contributed by atoms with Gasteiger partial charge in [0.05, 0.1) is 5.69 Å². The van der Waals surface area contributed by atoms with Crippen molar-refractivity contribution in [2.75, 3.05) is 0 Å². The molecule has 2 aromatic heterocycles. The van der Waals surface area contributed by atoms with Crippen LogP contribution in [0.4, 0.5) is 0 Å². The second-order valence-electron chi connectivity index (χ2n) is 5.17. The zero-order chi connectivity index (χ0) is 15.2. The average Bonchev–Trinajstić information content (AvgIpc) is 2.83. The monoisotopic (exact) mass is 287 g/mol. The van der Waals surface area contributed by atoms with E-state index in [1.165, 1.54) is 17.0 Å². The summed E-state index contributed by atoms with van der Waals surface area (Å²) in [6, 6.07) is 0. The van der Waals surface area contributed by atoms with E-state index in [4.69, 9.17) is 0 Å².